The Kier molecular flexibility index (Phi) is 4.98. The highest BCUT2D eigenvalue weighted by atomic mass is 32.1. The molecule has 0 amide bonds. The number of pyridine rings is 1. The van der Waals surface area contributed by atoms with Crippen molar-refractivity contribution in [3.63, 3.8) is 0 Å². The van der Waals surface area contributed by atoms with Gasteiger partial charge < -0.3 is 0 Å². The van der Waals surface area contributed by atoms with Crippen molar-refractivity contribution >= 4 is 31.5 Å². The van der Waals surface area contributed by atoms with Gasteiger partial charge in [-0.3, -0.25) is 4.98 Å². The van der Waals surface area contributed by atoms with Crippen LogP contribution in [0.5, 0.6) is 0 Å². The van der Waals surface area contributed by atoms with Gasteiger partial charge in [0.05, 0.1) is 5.69 Å². The Labute approximate surface area is 203 Å². The van der Waals surface area contributed by atoms with E-state index >= 15 is 0 Å². The highest BCUT2D eigenvalue weighted by Gasteiger charge is 2.15. The largest absolute Gasteiger partial charge is 0.256 e. The van der Waals surface area contributed by atoms with Gasteiger partial charge in [-0.25, -0.2) is 0 Å². The number of rotatable bonds is 4. The second kappa shape index (κ2) is 8.43. The van der Waals surface area contributed by atoms with Gasteiger partial charge in [0.2, 0.25) is 0 Å². The van der Waals surface area contributed by atoms with Gasteiger partial charge in [0, 0.05) is 34.7 Å². The Bertz CT molecular complexity index is 1520. The van der Waals surface area contributed by atoms with Gasteiger partial charge in [0.1, 0.15) is 0 Å². The first-order valence-corrected chi connectivity index (χ1v) is 12.4. The molecule has 3 aromatic carbocycles. The van der Waals surface area contributed by atoms with E-state index in [9.17, 15) is 0 Å². The maximum absolute atomic E-state index is 8.53. The summed E-state index contributed by atoms with van der Waals surface area (Å²) in [6.45, 7) is 10.6. The minimum Gasteiger partial charge on any atom is -0.256 e. The molecule has 0 saturated carbocycles. The summed E-state index contributed by atoms with van der Waals surface area (Å²) < 4.78 is 19.5. The first-order valence-electron chi connectivity index (χ1n) is 12.6. The Balaban J connectivity index is 1.60. The highest BCUT2D eigenvalue weighted by Crippen LogP contribution is 2.41. The molecule has 2 heterocycles. The lowest BCUT2D eigenvalue weighted by Crippen LogP contribution is -2.10. The van der Waals surface area contributed by atoms with Gasteiger partial charge in [0.25, 0.3) is 0 Å². The first kappa shape index (κ1) is 19.5. The Hall–Kier alpha value is -2.97. The fraction of sp³-hybridized carbons (Fsp3) is 0.258. The van der Waals surface area contributed by atoms with Crippen LogP contribution in [-0.4, -0.2) is 4.98 Å². The molecule has 0 radical (unpaired) electrons. The van der Waals surface area contributed by atoms with Crippen LogP contribution < -0.4 is 0 Å². The van der Waals surface area contributed by atoms with E-state index < -0.39 is 6.37 Å². The minimum absolute atomic E-state index is 0.117. The lowest BCUT2D eigenvalue weighted by Gasteiger charge is -2.19. The van der Waals surface area contributed by atoms with E-state index in [2.05, 4.69) is 86.4 Å². The van der Waals surface area contributed by atoms with E-state index in [4.69, 9.17) is 2.74 Å². The van der Waals surface area contributed by atoms with Crippen LogP contribution in [-0.2, 0) is 11.8 Å². The van der Waals surface area contributed by atoms with Crippen molar-refractivity contribution in [1.29, 1.82) is 0 Å². The molecule has 0 atom stereocenters. The van der Waals surface area contributed by atoms with E-state index in [0.717, 1.165) is 11.3 Å². The van der Waals surface area contributed by atoms with Crippen LogP contribution in [0, 0.1) is 5.92 Å². The van der Waals surface area contributed by atoms with Crippen molar-refractivity contribution in [2.75, 3.05) is 0 Å². The van der Waals surface area contributed by atoms with Crippen molar-refractivity contribution in [3.05, 3.63) is 90.1 Å². The van der Waals surface area contributed by atoms with Crippen molar-refractivity contribution in [1.82, 2.24) is 4.98 Å². The molecule has 0 aliphatic rings. The molecule has 2 aromatic heterocycles. The molecular formula is C31H31NS. The number of benzene rings is 3. The summed E-state index contributed by atoms with van der Waals surface area (Å²) in [5, 5.41) is 2.46. The average Bonchev–Trinajstić information content (AvgIpc) is 3.21. The molecule has 5 aromatic rings. The molecule has 5 rings (SSSR count). The number of hydrogen-bond acceptors (Lipinski definition) is 2. The molecule has 0 fully saturated rings. The number of nitrogens with zero attached hydrogens (tertiary/aromatic N) is 1. The summed E-state index contributed by atoms with van der Waals surface area (Å²) in [6, 6.07) is 25.7. The molecule has 0 bridgehead atoms. The van der Waals surface area contributed by atoms with E-state index in [1.54, 1.807) is 23.6 Å². The monoisotopic (exact) mass is 451 g/mol. The third-order valence-corrected chi connectivity index (χ3v) is 7.28. The van der Waals surface area contributed by atoms with Gasteiger partial charge in [-0.1, -0.05) is 89.2 Å². The fourth-order valence-corrected chi connectivity index (χ4v) is 5.61. The number of thiophene rings is 1. The molecule has 0 N–H and O–H groups in total. The maximum Gasteiger partial charge on any atom is 0.0719 e. The molecule has 0 saturated heterocycles. The summed E-state index contributed by atoms with van der Waals surface area (Å²) >= 11 is 1.79. The van der Waals surface area contributed by atoms with Crippen molar-refractivity contribution in [2.45, 2.75) is 46.4 Å². The summed E-state index contributed by atoms with van der Waals surface area (Å²) in [5.74, 6) is -0.117. The smallest absolute Gasteiger partial charge is 0.0719 e. The van der Waals surface area contributed by atoms with Crippen LogP contribution in [0.3, 0.4) is 0 Å². The summed E-state index contributed by atoms with van der Waals surface area (Å²) in [4.78, 5) is 4.64. The highest BCUT2D eigenvalue weighted by molar-refractivity contribution is 7.26. The predicted octanol–water partition coefficient (Wildman–Crippen LogP) is 9.28. The van der Waals surface area contributed by atoms with E-state index in [-0.39, 0.29) is 11.3 Å². The Morgan fingerprint density at radius 1 is 0.879 bits per heavy atom. The second-order valence-electron chi connectivity index (χ2n) is 10.1. The molecule has 166 valence electrons. The summed E-state index contributed by atoms with van der Waals surface area (Å²) in [7, 11) is 0. The van der Waals surface area contributed by atoms with E-state index in [0.29, 0.717) is 5.56 Å². The van der Waals surface area contributed by atoms with Crippen LogP contribution in [0.25, 0.3) is 42.6 Å². The second-order valence-corrected chi connectivity index (χ2v) is 11.1. The molecule has 33 heavy (non-hydrogen) atoms. The molecule has 0 aliphatic heterocycles. The number of fused-ring (bicyclic) bond motifs is 3. The van der Waals surface area contributed by atoms with Crippen molar-refractivity contribution in [2.24, 2.45) is 5.92 Å². The summed E-state index contributed by atoms with van der Waals surface area (Å²) in [6.07, 6.45) is 0.333. The third-order valence-electron chi connectivity index (χ3n) is 6.07. The van der Waals surface area contributed by atoms with Gasteiger partial charge in [-0.15, -0.1) is 11.3 Å². The van der Waals surface area contributed by atoms with E-state index in [1.807, 2.05) is 19.9 Å². The third kappa shape index (κ3) is 4.32. The lowest BCUT2D eigenvalue weighted by molar-refractivity contribution is 0.590. The predicted molar refractivity (Wildman–Crippen MR) is 145 cm³/mol. The lowest BCUT2D eigenvalue weighted by atomic mass is 9.86. The zero-order valence-electron chi connectivity index (χ0n) is 21.9. The zero-order chi connectivity index (χ0) is 25.0. The van der Waals surface area contributed by atoms with Gasteiger partial charge >= 0.3 is 0 Å². The summed E-state index contributed by atoms with van der Waals surface area (Å²) in [5.41, 5.74) is 6.48. The standard InChI is InChI=1S/C31H31NS/c1-20(2)17-21-15-16-32-28(18-21)27-8-6-7-26-25-14-11-23(19-29(25)33-30(26)27)22-9-12-24(13-10-22)31(3,4)5/h6-16,18-20H,17H2,1-5H3/i17D2. The molecule has 0 aliphatic carbocycles. The molecule has 2 heteroatoms. The van der Waals surface area contributed by atoms with Crippen LogP contribution in [0.2, 0.25) is 0 Å². The topological polar surface area (TPSA) is 12.9 Å². The van der Waals surface area contributed by atoms with Gasteiger partial charge in [-0.05, 0) is 58.2 Å². The Morgan fingerprint density at radius 2 is 1.64 bits per heavy atom. The number of aromatic nitrogens is 1. The van der Waals surface area contributed by atoms with Gasteiger partial charge in [-0.2, -0.15) is 0 Å². The van der Waals surface area contributed by atoms with Crippen LogP contribution in [0.1, 0.15) is 48.5 Å². The van der Waals surface area contributed by atoms with Gasteiger partial charge in [0.15, 0.2) is 0 Å². The van der Waals surface area contributed by atoms with E-state index in [1.165, 1.54) is 36.9 Å². The first-order chi connectivity index (χ1) is 16.6. The van der Waals surface area contributed by atoms with Crippen LogP contribution in [0.4, 0.5) is 0 Å². The maximum atomic E-state index is 8.53. The zero-order valence-corrected chi connectivity index (χ0v) is 20.8. The quantitative estimate of drug-likeness (QED) is 0.265. The molecular weight excluding hydrogens is 418 g/mol. The fourth-order valence-electron chi connectivity index (χ4n) is 4.34. The molecule has 0 spiro atoms. The average molecular weight is 452 g/mol. The van der Waals surface area contributed by atoms with Crippen LogP contribution in [0.15, 0.2) is 79.0 Å². The molecule has 0 unspecified atom stereocenters. The molecule has 1 nitrogen and oxygen atoms in total. The normalized spacial score (nSPS) is 13.5. The van der Waals surface area contributed by atoms with Crippen molar-refractivity contribution in [3.8, 4) is 22.4 Å². The number of hydrogen-bond donors (Lipinski definition) is 0. The Morgan fingerprint density at radius 3 is 2.36 bits per heavy atom. The van der Waals surface area contributed by atoms with Crippen LogP contribution >= 0.6 is 11.3 Å². The SMILES string of the molecule is [2H]C([2H])(c1ccnc(-c2cccc3c2sc2cc(-c4ccc(C(C)(C)C)cc4)ccc23)c1)C(C)C. The van der Waals surface area contributed by atoms with Crippen molar-refractivity contribution < 1.29 is 2.74 Å². The minimum atomic E-state index is -1.40.